The summed E-state index contributed by atoms with van der Waals surface area (Å²) in [6, 6.07) is 6.08. The summed E-state index contributed by atoms with van der Waals surface area (Å²) in [6.45, 7) is 3.40. The van der Waals surface area contributed by atoms with Crippen LogP contribution in [-0.2, 0) is 10.0 Å². The van der Waals surface area contributed by atoms with Gasteiger partial charge in [-0.25, -0.2) is 13.1 Å². The zero-order chi connectivity index (χ0) is 16.4. The monoisotopic (exact) mass is 342 g/mol. The number of halogens is 1. The van der Waals surface area contributed by atoms with Crippen molar-refractivity contribution in [2.24, 2.45) is 4.99 Å². The molecule has 0 aliphatic heterocycles. The molecular weight excluding hydrogens is 324 g/mol. The SMILES string of the molecule is C#CCNC(=NCCNS(=O)(=O)c1cccc(Cl)c1)NCC. The second kappa shape index (κ2) is 9.30. The first kappa shape index (κ1) is 18.3. The van der Waals surface area contributed by atoms with Gasteiger partial charge in [-0.2, -0.15) is 0 Å². The minimum atomic E-state index is -3.59. The van der Waals surface area contributed by atoms with Crippen LogP contribution in [0.15, 0.2) is 34.2 Å². The Balaban J connectivity index is 2.56. The van der Waals surface area contributed by atoms with E-state index >= 15 is 0 Å². The van der Waals surface area contributed by atoms with Gasteiger partial charge in [-0.1, -0.05) is 23.6 Å². The first-order valence-corrected chi connectivity index (χ1v) is 8.56. The molecule has 0 amide bonds. The van der Waals surface area contributed by atoms with Crippen molar-refractivity contribution in [2.75, 3.05) is 26.2 Å². The van der Waals surface area contributed by atoms with Crippen LogP contribution in [0.2, 0.25) is 5.02 Å². The fourth-order valence-electron chi connectivity index (χ4n) is 1.54. The highest BCUT2D eigenvalue weighted by Crippen LogP contribution is 2.14. The second-order valence-corrected chi connectivity index (χ2v) is 6.38. The standard InChI is InChI=1S/C14H19ClN4O2S/c1-3-8-17-14(16-4-2)18-9-10-19-22(20,21)13-7-5-6-12(15)11-13/h1,5-7,11,19H,4,8-10H2,2H3,(H2,16,17,18). The molecule has 0 aromatic heterocycles. The van der Waals surface area contributed by atoms with Gasteiger partial charge in [0.15, 0.2) is 5.96 Å². The molecule has 0 aliphatic rings. The molecule has 0 saturated carbocycles. The van der Waals surface area contributed by atoms with Gasteiger partial charge in [0.1, 0.15) is 0 Å². The van der Waals surface area contributed by atoms with E-state index in [1.807, 2.05) is 6.92 Å². The number of hydrogen-bond acceptors (Lipinski definition) is 3. The zero-order valence-corrected chi connectivity index (χ0v) is 13.8. The molecule has 1 aromatic carbocycles. The number of rotatable bonds is 7. The molecular formula is C14H19ClN4O2S. The Kier molecular flexibility index (Phi) is 7.74. The number of nitrogens with one attached hydrogen (secondary N) is 3. The van der Waals surface area contributed by atoms with E-state index in [1.165, 1.54) is 12.1 Å². The van der Waals surface area contributed by atoms with Gasteiger partial charge < -0.3 is 10.6 Å². The highest BCUT2D eigenvalue weighted by Gasteiger charge is 2.13. The number of terminal acetylenes is 1. The van der Waals surface area contributed by atoms with Gasteiger partial charge in [-0.05, 0) is 25.1 Å². The molecule has 3 N–H and O–H groups in total. The van der Waals surface area contributed by atoms with Crippen molar-refractivity contribution in [3.8, 4) is 12.3 Å². The van der Waals surface area contributed by atoms with Crippen LogP contribution in [0.1, 0.15) is 6.92 Å². The fourth-order valence-corrected chi connectivity index (χ4v) is 2.86. The van der Waals surface area contributed by atoms with Gasteiger partial charge in [0, 0.05) is 18.1 Å². The van der Waals surface area contributed by atoms with E-state index in [-0.39, 0.29) is 18.0 Å². The van der Waals surface area contributed by atoms with Crippen molar-refractivity contribution in [2.45, 2.75) is 11.8 Å². The van der Waals surface area contributed by atoms with E-state index < -0.39 is 10.0 Å². The molecule has 0 radical (unpaired) electrons. The lowest BCUT2D eigenvalue weighted by Crippen LogP contribution is -2.38. The number of guanidine groups is 1. The third-order valence-electron chi connectivity index (χ3n) is 2.48. The Morgan fingerprint density at radius 1 is 1.41 bits per heavy atom. The fraction of sp³-hybridized carbons (Fsp3) is 0.357. The average molecular weight is 343 g/mol. The number of sulfonamides is 1. The number of benzene rings is 1. The lowest BCUT2D eigenvalue weighted by atomic mass is 10.4. The summed E-state index contributed by atoms with van der Waals surface area (Å²) in [6.07, 6.45) is 5.16. The lowest BCUT2D eigenvalue weighted by Gasteiger charge is -2.09. The highest BCUT2D eigenvalue weighted by atomic mass is 35.5. The van der Waals surface area contributed by atoms with Crippen molar-refractivity contribution < 1.29 is 8.42 Å². The molecule has 22 heavy (non-hydrogen) atoms. The number of aliphatic imine (C=N–C) groups is 1. The van der Waals surface area contributed by atoms with Crippen molar-refractivity contribution >= 4 is 27.6 Å². The Labute approximate surface area is 136 Å². The molecule has 0 saturated heterocycles. The van der Waals surface area contributed by atoms with Gasteiger partial charge >= 0.3 is 0 Å². The van der Waals surface area contributed by atoms with Crippen molar-refractivity contribution in [3.05, 3.63) is 29.3 Å². The molecule has 0 heterocycles. The summed E-state index contributed by atoms with van der Waals surface area (Å²) in [7, 11) is -3.59. The van der Waals surface area contributed by atoms with Crippen LogP contribution in [0, 0.1) is 12.3 Å². The zero-order valence-electron chi connectivity index (χ0n) is 12.3. The second-order valence-electron chi connectivity index (χ2n) is 4.17. The van der Waals surface area contributed by atoms with Gasteiger partial charge in [-0.15, -0.1) is 6.42 Å². The molecule has 0 bridgehead atoms. The first-order valence-electron chi connectivity index (χ1n) is 6.70. The number of nitrogens with zero attached hydrogens (tertiary/aromatic N) is 1. The molecule has 0 spiro atoms. The molecule has 0 unspecified atom stereocenters. The summed E-state index contributed by atoms with van der Waals surface area (Å²) in [5.74, 6) is 2.99. The summed E-state index contributed by atoms with van der Waals surface area (Å²) < 4.78 is 26.6. The highest BCUT2D eigenvalue weighted by molar-refractivity contribution is 7.89. The Morgan fingerprint density at radius 3 is 2.82 bits per heavy atom. The normalized spacial score (nSPS) is 11.8. The van der Waals surface area contributed by atoms with Crippen molar-refractivity contribution in [3.63, 3.8) is 0 Å². The minimum Gasteiger partial charge on any atom is -0.357 e. The summed E-state index contributed by atoms with van der Waals surface area (Å²) in [5.41, 5.74) is 0. The molecule has 0 fully saturated rings. The van der Waals surface area contributed by atoms with Crippen LogP contribution in [0.4, 0.5) is 0 Å². The molecule has 8 heteroatoms. The summed E-state index contributed by atoms with van der Waals surface area (Å²) >= 11 is 5.79. The maximum atomic E-state index is 12.1. The first-order chi connectivity index (χ1) is 10.5. The van der Waals surface area contributed by atoms with Gasteiger partial charge in [0.05, 0.1) is 18.0 Å². The van der Waals surface area contributed by atoms with Crippen LogP contribution < -0.4 is 15.4 Å². The van der Waals surface area contributed by atoms with Crippen LogP contribution >= 0.6 is 11.6 Å². The Hall–Kier alpha value is -1.75. The maximum Gasteiger partial charge on any atom is 0.240 e. The van der Waals surface area contributed by atoms with Crippen molar-refractivity contribution in [1.82, 2.24) is 15.4 Å². The lowest BCUT2D eigenvalue weighted by molar-refractivity contribution is 0.582. The van der Waals surface area contributed by atoms with E-state index in [0.29, 0.717) is 24.1 Å². The van der Waals surface area contributed by atoms with E-state index in [2.05, 4.69) is 26.3 Å². The quantitative estimate of drug-likeness (QED) is 0.296. The molecule has 6 nitrogen and oxygen atoms in total. The minimum absolute atomic E-state index is 0.126. The average Bonchev–Trinajstić information content (AvgIpc) is 2.49. The summed E-state index contributed by atoms with van der Waals surface area (Å²) in [4.78, 5) is 4.34. The van der Waals surface area contributed by atoms with Crippen LogP contribution in [0.25, 0.3) is 0 Å². The molecule has 0 aliphatic carbocycles. The van der Waals surface area contributed by atoms with Gasteiger partial charge in [0.25, 0.3) is 0 Å². The van der Waals surface area contributed by atoms with Crippen LogP contribution in [-0.4, -0.2) is 40.6 Å². The molecule has 0 atom stereocenters. The van der Waals surface area contributed by atoms with E-state index in [0.717, 1.165) is 0 Å². The van der Waals surface area contributed by atoms with Crippen molar-refractivity contribution in [1.29, 1.82) is 0 Å². The predicted octanol–water partition coefficient (Wildman–Crippen LogP) is 0.807. The predicted molar refractivity (Wildman–Crippen MR) is 89.5 cm³/mol. The van der Waals surface area contributed by atoms with E-state index in [4.69, 9.17) is 18.0 Å². The van der Waals surface area contributed by atoms with Crippen LogP contribution in [0.3, 0.4) is 0 Å². The smallest absolute Gasteiger partial charge is 0.240 e. The summed E-state index contributed by atoms with van der Waals surface area (Å²) in [5, 5.41) is 6.29. The van der Waals surface area contributed by atoms with E-state index in [9.17, 15) is 8.42 Å². The molecule has 1 rings (SSSR count). The van der Waals surface area contributed by atoms with E-state index in [1.54, 1.807) is 12.1 Å². The Bertz CT molecular complexity index is 653. The molecule has 1 aromatic rings. The van der Waals surface area contributed by atoms with Gasteiger partial charge in [0.2, 0.25) is 10.0 Å². The maximum absolute atomic E-state index is 12.1. The van der Waals surface area contributed by atoms with Crippen LogP contribution in [0.5, 0.6) is 0 Å². The third-order valence-corrected chi connectivity index (χ3v) is 4.18. The number of hydrogen-bond donors (Lipinski definition) is 3. The topological polar surface area (TPSA) is 82.6 Å². The molecule has 120 valence electrons. The Morgan fingerprint density at radius 2 is 2.18 bits per heavy atom. The van der Waals surface area contributed by atoms with Gasteiger partial charge in [-0.3, -0.25) is 4.99 Å². The largest absolute Gasteiger partial charge is 0.357 e. The third kappa shape index (κ3) is 6.35.